The fraction of sp³-hybridized carbons (Fsp3) is 0.579. The molecule has 3 heteroatoms. The minimum atomic E-state index is -0.111. The van der Waals surface area contributed by atoms with Crippen molar-refractivity contribution < 1.29 is 24.6 Å². The van der Waals surface area contributed by atoms with E-state index in [0.29, 0.717) is 0 Å². The van der Waals surface area contributed by atoms with E-state index in [0.717, 1.165) is 0 Å². The van der Waals surface area contributed by atoms with E-state index in [1.54, 1.807) is 0 Å². The van der Waals surface area contributed by atoms with Gasteiger partial charge in [0.15, 0.2) is 0 Å². The van der Waals surface area contributed by atoms with Crippen LogP contribution >= 0.6 is 0 Å². The molecule has 0 heterocycles. The van der Waals surface area contributed by atoms with E-state index < -0.39 is 0 Å². The van der Waals surface area contributed by atoms with E-state index in [4.69, 9.17) is 5.11 Å². The number of hydrogen-bond donors (Lipinski definition) is 2. The van der Waals surface area contributed by atoms with Crippen LogP contribution in [0.3, 0.4) is 0 Å². The molecular formula is C19H37NORu+. The minimum absolute atomic E-state index is 0. The predicted molar refractivity (Wildman–Crippen MR) is 97.9 cm³/mol. The maximum atomic E-state index is 8.53. The van der Waals surface area contributed by atoms with Gasteiger partial charge in [-0.2, -0.15) is 0 Å². The largest absolute Gasteiger partial charge is 3.00 e. The molecule has 1 aromatic carbocycles. The van der Waals surface area contributed by atoms with Crippen LogP contribution in [0.15, 0.2) is 0 Å². The number of benzene rings is 1. The summed E-state index contributed by atoms with van der Waals surface area (Å²) >= 11 is 0. The first-order chi connectivity index (χ1) is 8.59. The molecule has 0 atom stereocenters. The molecule has 0 spiro atoms. The van der Waals surface area contributed by atoms with E-state index in [1.165, 1.54) is 33.4 Å². The molecule has 0 saturated carbocycles. The quantitative estimate of drug-likeness (QED) is 0.573. The fourth-order valence-electron chi connectivity index (χ4n) is 1.77. The zero-order valence-corrected chi connectivity index (χ0v) is 18.2. The second-order valence-electron chi connectivity index (χ2n) is 6.04. The van der Waals surface area contributed by atoms with Crippen LogP contribution in [0.1, 0.15) is 47.2 Å². The Kier molecular flexibility index (Phi) is 16.5. The van der Waals surface area contributed by atoms with Crippen LogP contribution in [-0.2, 0) is 19.5 Å². The number of aliphatic hydroxyl groups excluding tert-OH is 1. The Bertz CT molecular complexity index is 329. The standard InChI is InChI=1S/C12H18.C5H13NO.2CH3.Ru/c1-7-8(2)10(4)12(6)11(5)9(7)3;1-5(2,4-7)6-3;;;/h1-6H3;6-7H,4H2,1-3H3;2*1H3;/q;;2*-1;+3. The van der Waals surface area contributed by atoms with Gasteiger partial charge in [-0.1, -0.05) is 0 Å². The molecule has 0 amide bonds. The topological polar surface area (TPSA) is 32.3 Å². The van der Waals surface area contributed by atoms with Gasteiger partial charge in [0.05, 0.1) is 6.61 Å². The Morgan fingerprint density at radius 1 is 0.727 bits per heavy atom. The Morgan fingerprint density at radius 2 is 0.909 bits per heavy atom. The van der Waals surface area contributed by atoms with Crippen molar-refractivity contribution in [1.82, 2.24) is 5.32 Å². The molecule has 0 saturated heterocycles. The van der Waals surface area contributed by atoms with Crippen molar-refractivity contribution >= 4 is 0 Å². The SMILES string of the molecule is CNC(C)(C)CO.Cc1c(C)c(C)c(C)c(C)c1C.[CH3-].[CH3-].[Ru+3]. The Labute approximate surface area is 152 Å². The normalized spacial score (nSPS) is 9.55. The van der Waals surface area contributed by atoms with Gasteiger partial charge in [0.1, 0.15) is 0 Å². The van der Waals surface area contributed by atoms with Gasteiger partial charge in [-0.15, -0.1) is 0 Å². The number of nitrogens with one attached hydrogen (secondary N) is 1. The number of hydrogen-bond acceptors (Lipinski definition) is 2. The Morgan fingerprint density at radius 3 is 0.955 bits per heavy atom. The average Bonchev–Trinajstić information content (AvgIpc) is 2.41. The molecule has 0 aromatic heterocycles. The van der Waals surface area contributed by atoms with Crippen LogP contribution in [-0.4, -0.2) is 24.3 Å². The summed E-state index contributed by atoms with van der Waals surface area (Å²) in [4.78, 5) is 0. The third kappa shape index (κ3) is 7.85. The van der Waals surface area contributed by atoms with Gasteiger partial charge in [-0.25, -0.2) is 0 Å². The van der Waals surface area contributed by atoms with E-state index in [1.807, 2.05) is 20.9 Å². The summed E-state index contributed by atoms with van der Waals surface area (Å²) in [5.74, 6) is 0. The predicted octanol–water partition coefficient (Wildman–Crippen LogP) is 4.41. The van der Waals surface area contributed by atoms with Gasteiger partial charge in [-0.05, 0) is 95.8 Å². The van der Waals surface area contributed by atoms with Crippen molar-refractivity contribution in [2.75, 3.05) is 13.7 Å². The van der Waals surface area contributed by atoms with Gasteiger partial charge < -0.3 is 25.3 Å². The van der Waals surface area contributed by atoms with Crippen molar-refractivity contribution in [2.45, 2.75) is 60.9 Å². The van der Waals surface area contributed by atoms with Crippen LogP contribution in [0.25, 0.3) is 0 Å². The maximum Gasteiger partial charge on any atom is 3.00 e. The zero-order chi connectivity index (χ0) is 15.4. The van der Waals surface area contributed by atoms with Crippen molar-refractivity contribution in [2.24, 2.45) is 0 Å². The molecule has 0 bridgehead atoms. The van der Waals surface area contributed by atoms with Gasteiger partial charge >= 0.3 is 19.5 Å². The smallest absolute Gasteiger partial charge is 0.394 e. The first-order valence-corrected chi connectivity index (χ1v) is 6.92. The summed E-state index contributed by atoms with van der Waals surface area (Å²) < 4.78 is 0. The van der Waals surface area contributed by atoms with Gasteiger partial charge in [0.25, 0.3) is 0 Å². The summed E-state index contributed by atoms with van der Waals surface area (Å²) in [6.07, 6.45) is 0. The molecule has 0 aliphatic heterocycles. The van der Waals surface area contributed by atoms with Crippen molar-refractivity contribution in [3.63, 3.8) is 0 Å². The molecular weight excluding hydrogens is 359 g/mol. The fourth-order valence-corrected chi connectivity index (χ4v) is 1.77. The minimum Gasteiger partial charge on any atom is -0.394 e. The van der Waals surface area contributed by atoms with E-state index >= 15 is 0 Å². The van der Waals surface area contributed by atoms with Crippen molar-refractivity contribution in [1.29, 1.82) is 0 Å². The third-order valence-electron chi connectivity index (χ3n) is 4.45. The molecule has 0 aliphatic carbocycles. The van der Waals surface area contributed by atoms with E-state index in [2.05, 4.69) is 46.9 Å². The Balaban J connectivity index is -0.000000144. The van der Waals surface area contributed by atoms with E-state index in [9.17, 15) is 0 Å². The number of rotatable bonds is 2. The summed E-state index contributed by atoms with van der Waals surface area (Å²) in [6, 6.07) is 0. The van der Waals surface area contributed by atoms with Crippen LogP contribution < -0.4 is 5.32 Å². The molecule has 1 radical (unpaired) electrons. The monoisotopic (exact) mass is 397 g/mol. The first-order valence-electron chi connectivity index (χ1n) is 6.92. The van der Waals surface area contributed by atoms with Crippen LogP contribution in [0.4, 0.5) is 0 Å². The van der Waals surface area contributed by atoms with E-state index in [-0.39, 0.29) is 46.5 Å². The summed E-state index contributed by atoms with van der Waals surface area (Å²) in [7, 11) is 1.83. The second kappa shape index (κ2) is 12.2. The second-order valence-corrected chi connectivity index (χ2v) is 6.04. The maximum absolute atomic E-state index is 8.53. The summed E-state index contributed by atoms with van der Waals surface area (Å²) in [5, 5.41) is 11.5. The average molecular weight is 397 g/mol. The van der Waals surface area contributed by atoms with Crippen molar-refractivity contribution in [3.8, 4) is 0 Å². The van der Waals surface area contributed by atoms with Crippen LogP contribution in [0.2, 0.25) is 0 Å². The molecule has 0 aliphatic rings. The molecule has 131 valence electrons. The zero-order valence-electron chi connectivity index (χ0n) is 16.5. The first kappa shape index (κ1) is 29.7. The van der Waals surface area contributed by atoms with Crippen LogP contribution in [0.5, 0.6) is 0 Å². The third-order valence-corrected chi connectivity index (χ3v) is 4.45. The summed E-state index contributed by atoms with van der Waals surface area (Å²) in [5.41, 5.74) is 8.61. The Hall–Kier alpha value is -0.237. The molecule has 1 rings (SSSR count). The molecule has 22 heavy (non-hydrogen) atoms. The van der Waals surface area contributed by atoms with Gasteiger partial charge in [-0.3, -0.25) is 0 Å². The molecule has 0 unspecified atom stereocenters. The molecule has 1 aromatic rings. The summed E-state index contributed by atoms with van der Waals surface area (Å²) in [6.45, 7) is 17.3. The van der Waals surface area contributed by atoms with Gasteiger partial charge in [0.2, 0.25) is 0 Å². The van der Waals surface area contributed by atoms with Crippen LogP contribution in [0, 0.1) is 56.4 Å². The van der Waals surface area contributed by atoms with Crippen molar-refractivity contribution in [3.05, 3.63) is 48.2 Å². The molecule has 2 N–H and O–H groups in total. The number of likely N-dealkylation sites (N-methyl/N-ethyl adjacent to an activating group) is 1. The molecule has 2 nitrogen and oxygen atoms in total. The molecule has 0 fully saturated rings. The number of aliphatic hydroxyl groups is 1. The van der Waals surface area contributed by atoms with Gasteiger partial charge in [0, 0.05) is 5.54 Å².